The third-order valence-corrected chi connectivity index (χ3v) is 6.50. The molecule has 1 saturated heterocycles. The topological polar surface area (TPSA) is 59.6 Å². The molecule has 0 spiro atoms. The van der Waals surface area contributed by atoms with Crippen LogP contribution < -0.4 is 0 Å². The number of nitrogens with zero attached hydrogens (tertiary/aromatic N) is 2. The molecule has 3 heterocycles. The molecule has 0 radical (unpaired) electrons. The Hall–Kier alpha value is -1.27. The van der Waals surface area contributed by atoms with Crippen molar-refractivity contribution >= 4 is 40.0 Å². The van der Waals surface area contributed by atoms with Gasteiger partial charge in [0.05, 0.1) is 21.6 Å². The van der Waals surface area contributed by atoms with E-state index < -0.39 is 6.61 Å². The Kier molecular flexibility index (Phi) is 4.90. The van der Waals surface area contributed by atoms with Crippen LogP contribution in [0.25, 0.3) is 10.9 Å². The molecule has 1 amide bonds. The number of rotatable bonds is 3. The lowest BCUT2D eigenvalue weighted by molar-refractivity contribution is -0.136. The lowest BCUT2D eigenvalue weighted by Crippen LogP contribution is -2.40. The van der Waals surface area contributed by atoms with Crippen LogP contribution in [0.15, 0.2) is 6.07 Å². The summed E-state index contributed by atoms with van der Waals surface area (Å²) in [5, 5.41) is 11.5. The SMILES string of the molecule is C[C@H]1c2c([nH]c3c(Cl)c(Cl)cc(CN4CCCC4)c23)CCN1C(=O)CO. The van der Waals surface area contributed by atoms with Gasteiger partial charge >= 0.3 is 0 Å². The molecule has 140 valence electrons. The Morgan fingerprint density at radius 1 is 1.31 bits per heavy atom. The average molecular weight is 396 g/mol. The van der Waals surface area contributed by atoms with Gasteiger partial charge in [-0.25, -0.2) is 0 Å². The van der Waals surface area contributed by atoms with Crippen molar-refractivity contribution in [2.24, 2.45) is 0 Å². The van der Waals surface area contributed by atoms with Crippen molar-refractivity contribution in [2.75, 3.05) is 26.2 Å². The van der Waals surface area contributed by atoms with Crippen LogP contribution >= 0.6 is 23.2 Å². The van der Waals surface area contributed by atoms with E-state index in [1.807, 2.05) is 13.0 Å². The summed E-state index contributed by atoms with van der Waals surface area (Å²) in [4.78, 5) is 19.8. The number of benzene rings is 1. The molecule has 7 heteroatoms. The van der Waals surface area contributed by atoms with E-state index in [2.05, 4.69) is 9.88 Å². The first-order chi connectivity index (χ1) is 12.5. The number of hydrogen-bond donors (Lipinski definition) is 2. The number of aliphatic hydroxyl groups is 1. The molecule has 0 aliphatic carbocycles. The number of carbonyl (C=O) groups excluding carboxylic acids is 1. The molecule has 2 N–H and O–H groups in total. The number of likely N-dealkylation sites (tertiary alicyclic amines) is 1. The molecule has 4 rings (SSSR count). The van der Waals surface area contributed by atoms with Crippen LogP contribution in [0.5, 0.6) is 0 Å². The van der Waals surface area contributed by atoms with Gasteiger partial charge in [-0.15, -0.1) is 0 Å². The monoisotopic (exact) mass is 395 g/mol. The largest absolute Gasteiger partial charge is 0.387 e. The highest BCUT2D eigenvalue weighted by Gasteiger charge is 2.32. The summed E-state index contributed by atoms with van der Waals surface area (Å²) in [5.74, 6) is -0.237. The van der Waals surface area contributed by atoms with Crippen LogP contribution in [0.3, 0.4) is 0 Å². The van der Waals surface area contributed by atoms with Gasteiger partial charge in [-0.05, 0) is 44.5 Å². The Bertz CT molecular complexity index is 858. The third kappa shape index (κ3) is 2.91. The number of carbonyl (C=O) groups is 1. The van der Waals surface area contributed by atoms with Crippen LogP contribution in [0.4, 0.5) is 0 Å². The van der Waals surface area contributed by atoms with E-state index in [0.29, 0.717) is 16.6 Å². The summed E-state index contributed by atoms with van der Waals surface area (Å²) in [6, 6.07) is 1.86. The van der Waals surface area contributed by atoms with Gasteiger partial charge in [-0.1, -0.05) is 23.2 Å². The Morgan fingerprint density at radius 3 is 2.73 bits per heavy atom. The Balaban J connectivity index is 1.86. The van der Waals surface area contributed by atoms with E-state index >= 15 is 0 Å². The molecule has 2 aromatic rings. The molecular formula is C19H23Cl2N3O2. The van der Waals surface area contributed by atoms with Crippen molar-refractivity contribution in [1.29, 1.82) is 0 Å². The highest BCUT2D eigenvalue weighted by Crippen LogP contribution is 2.42. The van der Waals surface area contributed by atoms with E-state index in [-0.39, 0.29) is 11.9 Å². The maximum Gasteiger partial charge on any atom is 0.248 e. The lowest BCUT2D eigenvalue weighted by atomic mass is 9.94. The number of hydrogen-bond acceptors (Lipinski definition) is 3. The second kappa shape index (κ2) is 7.04. The first-order valence-electron chi connectivity index (χ1n) is 9.15. The zero-order valence-corrected chi connectivity index (χ0v) is 16.3. The zero-order valence-electron chi connectivity index (χ0n) is 14.8. The predicted octanol–water partition coefficient (Wildman–Crippen LogP) is 3.51. The molecule has 2 aliphatic rings. The lowest BCUT2D eigenvalue weighted by Gasteiger charge is -2.34. The molecule has 5 nitrogen and oxygen atoms in total. The first-order valence-corrected chi connectivity index (χ1v) is 9.90. The molecular weight excluding hydrogens is 373 g/mol. The van der Waals surface area contributed by atoms with Crippen LogP contribution in [-0.2, 0) is 17.8 Å². The summed E-state index contributed by atoms with van der Waals surface area (Å²) >= 11 is 12.9. The van der Waals surface area contributed by atoms with Crippen molar-refractivity contribution in [2.45, 2.75) is 38.8 Å². The van der Waals surface area contributed by atoms with Gasteiger partial charge in [0.2, 0.25) is 5.91 Å². The van der Waals surface area contributed by atoms with E-state index in [0.717, 1.165) is 53.8 Å². The van der Waals surface area contributed by atoms with Crippen molar-refractivity contribution < 1.29 is 9.90 Å². The number of nitrogens with one attached hydrogen (secondary N) is 1. The third-order valence-electron chi connectivity index (χ3n) is 5.71. The van der Waals surface area contributed by atoms with Gasteiger partial charge in [0.25, 0.3) is 0 Å². The number of aromatic nitrogens is 1. The molecule has 1 atom stereocenters. The minimum Gasteiger partial charge on any atom is -0.387 e. The predicted molar refractivity (Wildman–Crippen MR) is 104 cm³/mol. The maximum atomic E-state index is 12.1. The molecule has 0 bridgehead atoms. The number of aromatic amines is 1. The normalized spacial score (nSPS) is 20.8. The number of amides is 1. The number of aliphatic hydroxyl groups excluding tert-OH is 1. The summed E-state index contributed by atoms with van der Waals surface area (Å²) in [7, 11) is 0. The average Bonchev–Trinajstić information content (AvgIpc) is 3.27. The fraction of sp³-hybridized carbons (Fsp3) is 0.526. The van der Waals surface area contributed by atoms with Crippen LogP contribution in [0, 0.1) is 0 Å². The van der Waals surface area contributed by atoms with Gasteiger partial charge < -0.3 is 15.0 Å². The van der Waals surface area contributed by atoms with Gasteiger partial charge in [-0.3, -0.25) is 9.69 Å². The Morgan fingerprint density at radius 2 is 2.04 bits per heavy atom. The van der Waals surface area contributed by atoms with Gasteiger partial charge in [0, 0.05) is 36.2 Å². The number of H-pyrrole nitrogens is 1. The van der Waals surface area contributed by atoms with E-state index in [1.54, 1.807) is 4.90 Å². The van der Waals surface area contributed by atoms with E-state index in [4.69, 9.17) is 23.2 Å². The van der Waals surface area contributed by atoms with Gasteiger partial charge in [0.1, 0.15) is 6.61 Å². The second-order valence-corrected chi connectivity index (χ2v) is 8.04. The summed E-state index contributed by atoms with van der Waals surface area (Å²) in [6.07, 6.45) is 3.17. The van der Waals surface area contributed by atoms with Gasteiger partial charge in [0.15, 0.2) is 0 Å². The van der Waals surface area contributed by atoms with Gasteiger partial charge in [-0.2, -0.15) is 0 Å². The quantitative estimate of drug-likeness (QED) is 0.835. The molecule has 26 heavy (non-hydrogen) atoms. The smallest absolute Gasteiger partial charge is 0.248 e. The zero-order chi connectivity index (χ0) is 18.4. The maximum absolute atomic E-state index is 12.1. The summed E-state index contributed by atoms with van der Waals surface area (Å²) in [6.45, 7) is 5.17. The van der Waals surface area contributed by atoms with Crippen LogP contribution in [0.2, 0.25) is 10.0 Å². The van der Waals surface area contributed by atoms with Crippen molar-refractivity contribution in [1.82, 2.24) is 14.8 Å². The highest BCUT2D eigenvalue weighted by molar-refractivity contribution is 6.45. The molecule has 0 unspecified atom stereocenters. The van der Waals surface area contributed by atoms with Crippen LogP contribution in [-0.4, -0.2) is 52.0 Å². The summed E-state index contributed by atoms with van der Waals surface area (Å²) in [5.41, 5.74) is 4.24. The number of halogens is 2. The van der Waals surface area contributed by atoms with E-state index in [9.17, 15) is 9.90 Å². The van der Waals surface area contributed by atoms with Crippen molar-refractivity contribution in [3.63, 3.8) is 0 Å². The second-order valence-electron chi connectivity index (χ2n) is 7.25. The summed E-state index contributed by atoms with van der Waals surface area (Å²) < 4.78 is 0. The number of fused-ring (bicyclic) bond motifs is 3. The molecule has 1 aromatic heterocycles. The van der Waals surface area contributed by atoms with Crippen LogP contribution in [0.1, 0.15) is 42.6 Å². The first kappa shape index (κ1) is 18.1. The molecule has 1 fully saturated rings. The minimum atomic E-state index is -0.463. The Labute approximate surface area is 162 Å². The van der Waals surface area contributed by atoms with E-state index in [1.165, 1.54) is 12.8 Å². The fourth-order valence-electron chi connectivity index (χ4n) is 4.45. The highest BCUT2D eigenvalue weighted by atomic mass is 35.5. The standard InChI is InChI=1S/C19H23Cl2N3O2/c1-11-16-14(4-7-24(11)15(26)10-25)22-19-17(16)12(8-13(20)18(19)21)9-23-5-2-3-6-23/h8,11,22,25H,2-7,9-10H2,1H3/t11-/m0/s1. The fourth-order valence-corrected chi connectivity index (χ4v) is 4.87. The minimum absolute atomic E-state index is 0.110. The molecule has 2 aliphatic heterocycles. The van der Waals surface area contributed by atoms with Crippen molar-refractivity contribution in [3.8, 4) is 0 Å². The van der Waals surface area contributed by atoms with Crippen molar-refractivity contribution in [3.05, 3.63) is 32.9 Å². The molecule has 0 saturated carbocycles. The molecule has 1 aromatic carbocycles.